The average molecular weight is 224 g/mol. The summed E-state index contributed by atoms with van der Waals surface area (Å²) >= 11 is 1.82. The third-order valence-corrected chi connectivity index (χ3v) is 4.71. The number of ether oxygens (including phenoxy) is 1. The van der Waals surface area contributed by atoms with Crippen molar-refractivity contribution in [1.82, 2.24) is 0 Å². The molecule has 0 fully saturated rings. The van der Waals surface area contributed by atoms with Crippen molar-refractivity contribution in [1.29, 1.82) is 0 Å². The Balaban J connectivity index is 2.85. The van der Waals surface area contributed by atoms with Gasteiger partial charge in [0.05, 0.1) is 12.7 Å². The lowest BCUT2D eigenvalue weighted by Gasteiger charge is -2.05. The molecule has 0 aromatic heterocycles. The van der Waals surface area contributed by atoms with Crippen LogP contribution in [0.15, 0.2) is 24.3 Å². The van der Waals surface area contributed by atoms with Crippen LogP contribution in [-0.2, 0) is 4.74 Å². The van der Waals surface area contributed by atoms with Crippen LogP contribution in [-0.4, -0.2) is 27.5 Å². The quantitative estimate of drug-likeness (QED) is 0.572. The summed E-state index contributed by atoms with van der Waals surface area (Å²) in [6.45, 7) is 2.11. The normalized spacial score (nSPS) is 9.86. The molecule has 0 saturated heterocycles. The van der Waals surface area contributed by atoms with E-state index in [0.717, 1.165) is 10.9 Å². The molecule has 0 spiro atoms. The summed E-state index contributed by atoms with van der Waals surface area (Å²) in [6, 6.07) is 7.60. The molecule has 0 atom stereocenters. The maximum atomic E-state index is 11.4. The molecular weight excluding hydrogens is 212 g/mol. The van der Waals surface area contributed by atoms with Crippen molar-refractivity contribution in [3.63, 3.8) is 0 Å². The highest BCUT2D eigenvalue weighted by Crippen LogP contribution is 2.02. The van der Waals surface area contributed by atoms with Crippen LogP contribution < -0.4 is 5.19 Å². The largest absolute Gasteiger partial charge is 0.465 e. The van der Waals surface area contributed by atoms with E-state index in [1.165, 1.54) is 7.11 Å². The highest BCUT2D eigenvalue weighted by molar-refractivity contribution is 8.23. The van der Waals surface area contributed by atoms with E-state index in [9.17, 15) is 4.79 Å². The Hall–Kier alpha value is -0.743. The number of carbonyl (C=O) groups is 1. The summed E-state index contributed by atoms with van der Waals surface area (Å²) in [4.78, 5) is 11.4. The number of methoxy groups -OCH3 is 1. The van der Waals surface area contributed by atoms with Crippen LogP contribution >= 0.6 is 11.2 Å². The lowest BCUT2D eigenvalue weighted by atomic mass is 10.2. The first-order chi connectivity index (χ1) is 6.79. The van der Waals surface area contributed by atoms with Gasteiger partial charge in [-0.1, -0.05) is 25.1 Å². The molecule has 1 aromatic rings. The molecule has 1 rings (SSSR count). The summed E-state index contributed by atoms with van der Waals surface area (Å²) in [6.07, 6.45) is 0. The standard InChI is InChI=1S/C10H12O2SSi/c1-3-13-14-9-7-5-4-6-8(9)10(11)12-2/h4-7H,3H2,1-2H3. The van der Waals surface area contributed by atoms with Gasteiger partial charge in [-0.05, 0) is 17.0 Å². The number of hydrogen-bond acceptors (Lipinski definition) is 3. The molecule has 4 heteroatoms. The van der Waals surface area contributed by atoms with Gasteiger partial charge in [-0.2, -0.15) is 11.2 Å². The third kappa shape index (κ3) is 2.89. The molecule has 0 heterocycles. The molecule has 0 saturated carbocycles. The number of benzene rings is 1. The first-order valence-corrected chi connectivity index (χ1v) is 7.05. The fraction of sp³-hybridized carbons (Fsp3) is 0.300. The number of rotatable bonds is 4. The molecule has 0 unspecified atom stereocenters. The van der Waals surface area contributed by atoms with Gasteiger partial charge in [-0.25, -0.2) is 4.79 Å². The lowest BCUT2D eigenvalue weighted by molar-refractivity contribution is 0.0602. The Morgan fingerprint density at radius 2 is 2.21 bits per heavy atom. The molecule has 1 aromatic carbocycles. The van der Waals surface area contributed by atoms with Crippen molar-refractivity contribution < 1.29 is 9.53 Å². The van der Waals surface area contributed by atoms with Crippen molar-refractivity contribution in [3.8, 4) is 0 Å². The van der Waals surface area contributed by atoms with Crippen LogP contribution in [0, 0.1) is 0 Å². The second kappa shape index (κ2) is 5.88. The molecule has 2 nitrogen and oxygen atoms in total. The van der Waals surface area contributed by atoms with Gasteiger partial charge in [0.15, 0.2) is 8.67 Å². The van der Waals surface area contributed by atoms with Gasteiger partial charge >= 0.3 is 5.97 Å². The molecule has 0 bridgehead atoms. The van der Waals surface area contributed by atoms with Crippen LogP contribution in [0.4, 0.5) is 0 Å². The van der Waals surface area contributed by atoms with E-state index in [1.807, 2.05) is 35.5 Å². The van der Waals surface area contributed by atoms with E-state index < -0.39 is 0 Å². The molecular formula is C10H12O2SSi. The van der Waals surface area contributed by atoms with Crippen LogP contribution in [0.1, 0.15) is 17.3 Å². The highest BCUT2D eigenvalue weighted by atomic mass is 32.4. The Labute approximate surface area is 90.5 Å². The monoisotopic (exact) mass is 224 g/mol. The minimum Gasteiger partial charge on any atom is -0.465 e. The van der Waals surface area contributed by atoms with Crippen LogP contribution in [0.2, 0.25) is 0 Å². The van der Waals surface area contributed by atoms with E-state index in [4.69, 9.17) is 4.74 Å². The Morgan fingerprint density at radius 3 is 2.86 bits per heavy atom. The van der Waals surface area contributed by atoms with Crippen molar-refractivity contribution >= 4 is 31.0 Å². The SMILES string of the molecule is CCS[Si]c1ccccc1C(=O)OC. The topological polar surface area (TPSA) is 26.3 Å². The molecule has 74 valence electrons. The van der Waals surface area contributed by atoms with Crippen LogP contribution in [0.3, 0.4) is 0 Å². The van der Waals surface area contributed by atoms with Crippen LogP contribution in [0.5, 0.6) is 0 Å². The van der Waals surface area contributed by atoms with Gasteiger partial charge in [0, 0.05) is 0 Å². The zero-order chi connectivity index (χ0) is 10.4. The fourth-order valence-electron chi connectivity index (χ4n) is 1.01. The minimum atomic E-state index is -0.246. The summed E-state index contributed by atoms with van der Waals surface area (Å²) < 4.78 is 4.71. The van der Waals surface area contributed by atoms with Gasteiger partial charge in [0.1, 0.15) is 0 Å². The number of carbonyl (C=O) groups excluding carboxylic acids is 1. The van der Waals surface area contributed by atoms with E-state index in [2.05, 4.69) is 6.92 Å². The zero-order valence-electron chi connectivity index (χ0n) is 8.24. The van der Waals surface area contributed by atoms with Gasteiger partial charge in [0.2, 0.25) is 0 Å². The maximum absolute atomic E-state index is 11.4. The van der Waals surface area contributed by atoms with Crippen molar-refractivity contribution in [3.05, 3.63) is 29.8 Å². The van der Waals surface area contributed by atoms with Crippen molar-refractivity contribution in [2.75, 3.05) is 12.9 Å². The van der Waals surface area contributed by atoms with E-state index >= 15 is 0 Å². The van der Waals surface area contributed by atoms with Gasteiger partial charge in [0.25, 0.3) is 0 Å². The highest BCUT2D eigenvalue weighted by Gasteiger charge is 2.10. The van der Waals surface area contributed by atoms with E-state index in [0.29, 0.717) is 14.2 Å². The minimum absolute atomic E-state index is 0.246. The van der Waals surface area contributed by atoms with Crippen molar-refractivity contribution in [2.24, 2.45) is 0 Å². The van der Waals surface area contributed by atoms with Crippen molar-refractivity contribution in [2.45, 2.75) is 6.92 Å². The first-order valence-electron chi connectivity index (χ1n) is 4.34. The van der Waals surface area contributed by atoms with E-state index in [-0.39, 0.29) is 5.97 Å². The Kier molecular flexibility index (Phi) is 4.76. The third-order valence-electron chi connectivity index (χ3n) is 1.66. The second-order valence-electron chi connectivity index (χ2n) is 2.57. The smallest absolute Gasteiger partial charge is 0.337 e. The lowest BCUT2D eigenvalue weighted by Crippen LogP contribution is -2.21. The Bertz CT molecular complexity index is 315. The molecule has 0 aliphatic carbocycles. The van der Waals surface area contributed by atoms with Gasteiger partial charge < -0.3 is 4.74 Å². The Morgan fingerprint density at radius 1 is 1.50 bits per heavy atom. The fourth-order valence-corrected chi connectivity index (χ4v) is 3.20. The summed E-state index contributed by atoms with van der Waals surface area (Å²) in [7, 11) is 2.03. The predicted molar refractivity (Wildman–Crippen MR) is 61.3 cm³/mol. The molecule has 14 heavy (non-hydrogen) atoms. The second-order valence-corrected chi connectivity index (χ2v) is 5.66. The summed E-state index contributed by atoms with van der Waals surface area (Å²) in [5.41, 5.74) is 0.689. The summed E-state index contributed by atoms with van der Waals surface area (Å²) in [5.74, 6) is 0.818. The zero-order valence-corrected chi connectivity index (χ0v) is 10.1. The molecule has 0 N–H and O–H groups in total. The maximum Gasteiger partial charge on any atom is 0.337 e. The number of esters is 1. The van der Waals surface area contributed by atoms with Gasteiger partial charge in [-0.15, -0.1) is 0 Å². The summed E-state index contributed by atoms with van der Waals surface area (Å²) in [5, 5.41) is 1.08. The van der Waals surface area contributed by atoms with E-state index in [1.54, 1.807) is 0 Å². The predicted octanol–water partition coefficient (Wildman–Crippen LogP) is 1.47. The van der Waals surface area contributed by atoms with Gasteiger partial charge in [-0.3, -0.25) is 0 Å². The first kappa shape index (κ1) is 11.3. The molecule has 2 radical (unpaired) electrons. The molecule has 0 amide bonds. The number of hydrogen-bond donors (Lipinski definition) is 0. The average Bonchev–Trinajstić information content (AvgIpc) is 2.25. The molecule has 0 aliphatic heterocycles. The molecule has 0 aliphatic rings. The van der Waals surface area contributed by atoms with Crippen LogP contribution in [0.25, 0.3) is 0 Å².